The van der Waals surface area contributed by atoms with Crippen LogP contribution in [0.4, 0.5) is 0 Å². The Morgan fingerprint density at radius 2 is 2.25 bits per heavy atom. The van der Waals surface area contributed by atoms with Gasteiger partial charge < -0.3 is 5.32 Å². The molecule has 1 aromatic rings. The summed E-state index contributed by atoms with van der Waals surface area (Å²) in [5.41, 5.74) is 1.15. The van der Waals surface area contributed by atoms with Crippen molar-refractivity contribution in [1.82, 2.24) is 10.3 Å². The van der Waals surface area contributed by atoms with E-state index in [0.29, 0.717) is 5.92 Å². The molecule has 0 saturated carbocycles. The molecule has 1 rings (SSSR count). The van der Waals surface area contributed by atoms with Crippen molar-refractivity contribution in [2.45, 2.75) is 26.3 Å². The fraction of sp³-hybridized carbons (Fsp3) is 0.625. The zero-order valence-corrected chi connectivity index (χ0v) is 10.2. The van der Waals surface area contributed by atoms with Gasteiger partial charge in [0.15, 0.2) is 0 Å². The summed E-state index contributed by atoms with van der Waals surface area (Å²) in [5, 5.41) is 6.43. The van der Waals surface area contributed by atoms with Gasteiger partial charge in [0.1, 0.15) is 0 Å². The Morgan fingerprint density at radius 1 is 1.58 bits per heavy atom. The number of thiazole rings is 1. The fourth-order valence-electron chi connectivity index (χ4n) is 0.850. The third-order valence-corrected chi connectivity index (χ3v) is 2.62. The Morgan fingerprint density at radius 3 is 2.67 bits per heavy atom. The fourth-order valence-corrected chi connectivity index (χ4v) is 1.69. The van der Waals surface area contributed by atoms with Crippen LogP contribution in [-0.2, 0) is 6.54 Å². The molecular weight excluding hydrogens is 236 g/mol. The third kappa shape index (κ3) is 3.21. The predicted molar refractivity (Wildman–Crippen MR) is 59.3 cm³/mol. The van der Waals surface area contributed by atoms with Gasteiger partial charge >= 0.3 is 0 Å². The average Bonchev–Trinajstić information content (AvgIpc) is 2.37. The van der Waals surface area contributed by atoms with Gasteiger partial charge in [-0.2, -0.15) is 0 Å². The highest BCUT2D eigenvalue weighted by Crippen LogP contribution is 2.18. The molecule has 0 aromatic carbocycles. The molecule has 12 heavy (non-hydrogen) atoms. The van der Waals surface area contributed by atoms with Crippen LogP contribution in [-0.4, -0.2) is 12.0 Å². The van der Waals surface area contributed by atoms with Gasteiger partial charge in [-0.3, -0.25) is 0 Å². The first-order chi connectivity index (χ1) is 5.24. The number of rotatable bonds is 3. The molecular formula is C8H15BrN2S. The van der Waals surface area contributed by atoms with Crippen LogP contribution in [0, 0.1) is 0 Å². The molecule has 0 saturated heterocycles. The summed E-state index contributed by atoms with van der Waals surface area (Å²) >= 11 is 1.75. The first-order valence-electron chi connectivity index (χ1n) is 3.83. The van der Waals surface area contributed by atoms with E-state index in [4.69, 9.17) is 0 Å². The van der Waals surface area contributed by atoms with Crippen LogP contribution < -0.4 is 5.32 Å². The SMILES string of the molecule is Br.CNCc1csc(C(C)C)n1. The lowest BCUT2D eigenvalue weighted by Crippen LogP contribution is -2.05. The maximum absolute atomic E-state index is 4.46. The van der Waals surface area contributed by atoms with Gasteiger partial charge in [-0.15, -0.1) is 28.3 Å². The number of halogens is 1. The minimum atomic E-state index is 0. The van der Waals surface area contributed by atoms with E-state index in [-0.39, 0.29) is 17.0 Å². The Labute approximate surface area is 88.2 Å². The highest BCUT2D eigenvalue weighted by Gasteiger charge is 2.03. The van der Waals surface area contributed by atoms with Crippen LogP contribution >= 0.6 is 28.3 Å². The molecule has 0 aliphatic rings. The number of nitrogens with one attached hydrogen (secondary N) is 1. The van der Waals surface area contributed by atoms with E-state index < -0.39 is 0 Å². The second kappa shape index (κ2) is 5.67. The second-order valence-corrected chi connectivity index (χ2v) is 3.75. The van der Waals surface area contributed by atoms with Crippen LogP contribution in [0.15, 0.2) is 5.38 Å². The van der Waals surface area contributed by atoms with Crippen molar-refractivity contribution in [3.8, 4) is 0 Å². The zero-order chi connectivity index (χ0) is 8.27. The van der Waals surface area contributed by atoms with Crippen molar-refractivity contribution in [1.29, 1.82) is 0 Å². The van der Waals surface area contributed by atoms with E-state index >= 15 is 0 Å². The number of hydrogen-bond donors (Lipinski definition) is 1. The Hall–Kier alpha value is 0.0700. The molecule has 0 aliphatic carbocycles. The summed E-state index contributed by atoms with van der Waals surface area (Å²) in [6, 6.07) is 0. The van der Waals surface area contributed by atoms with Crippen LogP contribution in [0.3, 0.4) is 0 Å². The standard InChI is InChI=1S/C8H14N2S.BrH/c1-6(2)8-10-7(4-9-3)5-11-8;/h5-6,9H,4H2,1-3H3;1H. The number of aromatic nitrogens is 1. The van der Waals surface area contributed by atoms with Crippen molar-refractivity contribution in [3.63, 3.8) is 0 Å². The van der Waals surface area contributed by atoms with Crippen molar-refractivity contribution in [2.75, 3.05) is 7.05 Å². The summed E-state index contributed by atoms with van der Waals surface area (Å²) in [5.74, 6) is 0.561. The van der Waals surface area contributed by atoms with Crippen LogP contribution in [0.1, 0.15) is 30.5 Å². The lowest BCUT2D eigenvalue weighted by atomic mass is 10.2. The summed E-state index contributed by atoms with van der Waals surface area (Å²) in [7, 11) is 1.94. The zero-order valence-electron chi connectivity index (χ0n) is 7.63. The van der Waals surface area contributed by atoms with Crippen LogP contribution in [0.25, 0.3) is 0 Å². The number of hydrogen-bond acceptors (Lipinski definition) is 3. The molecule has 0 bridgehead atoms. The lowest BCUT2D eigenvalue weighted by molar-refractivity contribution is 0.776. The molecule has 0 spiro atoms. The topological polar surface area (TPSA) is 24.9 Å². The van der Waals surface area contributed by atoms with Gasteiger partial charge in [-0.1, -0.05) is 13.8 Å². The third-order valence-electron chi connectivity index (χ3n) is 1.42. The molecule has 1 aromatic heterocycles. The van der Waals surface area contributed by atoms with E-state index in [0.717, 1.165) is 12.2 Å². The summed E-state index contributed by atoms with van der Waals surface area (Å²) in [6.07, 6.45) is 0. The van der Waals surface area contributed by atoms with Gasteiger partial charge in [0, 0.05) is 17.8 Å². The molecule has 1 N–H and O–H groups in total. The van der Waals surface area contributed by atoms with Crippen molar-refractivity contribution < 1.29 is 0 Å². The largest absolute Gasteiger partial charge is 0.314 e. The van der Waals surface area contributed by atoms with Crippen LogP contribution in [0.2, 0.25) is 0 Å². The highest BCUT2D eigenvalue weighted by atomic mass is 79.9. The molecule has 0 radical (unpaired) electrons. The molecule has 0 fully saturated rings. The molecule has 4 heteroatoms. The van der Waals surface area contributed by atoms with E-state index in [9.17, 15) is 0 Å². The second-order valence-electron chi connectivity index (χ2n) is 2.86. The molecule has 0 unspecified atom stereocenters. The molecule has 2 nitrogen and oxygen atoms in total. The summed E-state index contributed by atoms with van der Waals surface area (Å²) in [4.78, 5) is 4.46. The van der Waals surface area contributed by atoms with Crippen molar-refractivity contribution in [3.05, 3.63) is 16.1 Å². The monoisotopic (exact) mass is 250 g/mol. The Bertz CT molecular complexity index is 223. The average molecular weight is 251 g/mol. The molecule has 0 atom stereocenters. The number of nitrogens with zero attached hydrogens (tertiary/aromatic N) is 1. The minimum Gasteiger partial charge on any atom is -0.314 e. The van der Waals surface area contributed by atoms with Crippen molar-refractivity contribution >= 4 is 28.3 Å². The molecule has 70 valence electrons. The summed E-state index contributed by atoms with van der Waals surface area (Å²) in [6.45, 7) is 5.22. The molecule has 0 aliphatic heterocycles. The van der Waals surface area contributed by atoms with Crippen LogP contribution in [0.5, 0.6) is 0 Å². The highest BCUT2D eigenvalue weighted by molar-refractivity contribution is 8.93. The van der Waals surface area contributed by atoms with E-state index in [1.54, 1.807) is 11.3 Å². The minimum absolute atomic E-state index is 0. The maximum atomic E-state index is 4.46. The lowest BCUT2D eigenvalue weighted by Gasteiger charge is -1.96. The smallest absolute Gasteiger partial charge is 0.0954 e. The quantitative estimate of drug-likeness (QED) is 0.893. The van der Waals surface area contributed by atoms with Gasteiger partial charge in [0.2, 0.25) is 0 Å². The normalized spacial score (nSPS) is 10.0. The first-order valence-corrected chi connectivity index (χ1v) is 4.71. The van der Waals surface area contributed by atoms with Gasteiger partial charge in [0.25, 0.3) is 0 Å². The van der Waals surface area contributed by atoms with E-state index in [1.165, 1.54) is 5.01 Å². The van der Waals surface area contributed by atoms with Crippen molar-refractivity contribution in [2.24, 2.45) is 0 Å². The van der Waals surface area contributed by atoms with E-state index in [2.05, 4.69) is 29.5 Å². The van der Waals surface area contributed by atoms with Gasteiger partial charge in [-0.25, -0.2) is 4.98 Å². The van der Waals surface area contributed by atoms with Gasteiger partial charge in [0.05, 0.1) is 10.7 Å². The first kappa shape index (κ1) is 12.1. The maximum Gasteiger partial charge on any atom is 0.0954 e. The predicted octanol–water partition coefficient (Wildman–Crippen LogP) is 2.56. The molecule has 1 heterocycles. The van der Waals surface area contributed by atoms with Gasteiger partial charge in [-0.05, 0) is 7.05 Å². The summed E-state index contributed by atoms with van der Waals surface area (Å²) < 4.78 is 0. The Balaban J connectivity index is 0.00000121. The van der Waals surface area contributed by atoms with E-state index in [1.807, 2.05) is 7.05 Å². The molecule has 0 amide bonds. The Kier molecular flexibility index (Phi) is 5.70.